The van der Waals surface area contributed by atoms with Crippen molar-refractivity contribution in [2.45, 2.75) is 25.8 Å². The number of nitrogens with zero attached hydrogens (tertiary/aromatic N) is 2. The molecular formula is C12H17N3O5S. The zero-order valence-electron chi connectivity index (χ0n) is 11.6. The molecule has 0 radical (unpaired) electrons. The molecule has 0 aliphatic carbocycles. The number of hydrogen-bond acceptors (Lipinski definition) is 6. The Bertz CT molecular complexity index is 697. The minimum Gasteiger partial charge on any atom is -0.481 e. The molecule has 1 aliphatic heterocycles. The lowest BCUT2D eigenvalue weighted by Crippen LogP contribution is -2.50. The maximum atomic E-state index is 11.7. The van der Waals surface area contributed by atoms with Gasteiger partial charge in [-0.25, -0.2) is 13.4 Å². The van der Waals surface area contributed by atoms with Gasteiger partial charge in [0.2, 0.25) is 0 Å². The fourth-order valence-corrected chi connectivity index (χ4v) is 3.89. The van der Waals surface area contributed by atoms with E-state index >= 15 is 0 Å². The highest BCUT2D eigenvalue weighted by Crippen LogP contribution is 2.21. The van der Waals surface area contributed by atoms with Crippen LogP contribution in [0.3, 0.4) is 0 Å². The van der Waals surface area contributed by atoms with Crippen LogP contribution < -0.4 is 10.5 Å². The van der Waals surface area contributed by atoms with E-state index in [-0.39, 0.29) is 30.0 Å². The van der Waals surface area contributed by atoms with Crippen LogP contribution in [0.15, 0.2) is 10.9 Å². The standard InChI is InChI=1S/C12H17N3O5S/c1-2-9-13-10(6-11(16)14-9)15-3-4-21(19,20)7-8(15)5-12(17)18/h6,8H,2-5,7H2,1H3,(H,17,18)(H,13,14,16). The van der Waals surface area contributed by atoms with Crippen molar-refractivity contribution in [3.63, 3.8) is 0 Å². The molecule has 2 heterocycles. The molecule has 9 heteroatoms. The maximum Gasteiger partial charge on any atom is 0.305 e. The Morgan fingerprint density at radius 3 is 2.90 bits per heavy atom. The second kappa shape index (κ2) is 5.84. The molecule has 2 rings (SSSR count). The summed E-state index contributed by atoms with van der Waals surface area (Å²) in [6, 6.07) is 0.562. The molecule has 8 nitrogen and oxygen atoms in total. The van der Waals surface area contributed by atoms with Crippen LogP contribution in [0.2, 0.25) is 0 Å². The Kier molecular flexibility index (Phi) is 4.31. The molecule has 0 saturated carbocycles. The predicted octanol–water partition coefficient (Wildman–Crippen LogP) is -0.590. The highest BCUT2D eigenvalue weighted by Gasteiger charge is 2.33. The van der Waals surface area contributed by atoms with E-state index in [1.165, 1.54) is 6.07 Å². The van der Waals surface area contributed by atoms with Crippen molar-refractivity contribution in [1.82, 2.24) is 9.97 Å². The number of nitrogens with one attached hydrogen (secondary N) is 1. The van der Waals surface area contributed by atoms with Gasteiger partial charge in [-0.2, -0.15) is 0 Å². The molecule has 0 bridgehead atoms. The van der Waals surface area contributed by atoms with Crippen molar-refractivity contribution >= 4 is 21.6 Å². The maximum absolute atomic E-state index is 11.7. The van der Waals surface area contributed by atoms with E-state index in [0.717, 1.165) is 0 Å². The molecule has 21 heavy (non-hydrogen) atoms. The number of aliphatic carboxylic acids is 1. The Labute approximate surface area is 121 Å². The van der Waals surface area contributed by atoms with Crippen LogP contribution in [-0.2, 0) is 21.1 Å². The number of aromatic nitrogens is 2. The Morgan fingerprint density at radius 2 is 2.29 bits per heavy atom. The number of hydrogen-bond donors (Lipinski definition) is 2. The third kappa shape index (κ3) is 3.81. The van der Waals surface area contributed by atoms with E-state index in [4.69, 9.17) is 5.11 Å². The first kappa shape index (κ1) is 15.5. The molecule has 1 fully saturated rings. The molecule has 1 unspecified atom stereocenters. The second-order valence-electron chi connectivity index (χ2n) is 4.96. The molecule has 116 valence electrons. The van der Waals surface area contributed by atoms with Gasteiger partial charge >= 0.3 is 5.97 Å². The first-order chi connectivity index (χ1) is 9.80. The van der Waals surface area contributed by atoms with E-state index in [1.807, 2.05) is 6.92 Å². The molecule has 0 aromatic carbocycles. The minimum atomic E-state index is -3.26. The van der Waals surface area contributed by atoms with E-state index in [9.17, 15) is 18.0 Å². The third-order valence-electron chi connectivity index (χ3n) is 3.35. The number of aryl methyl sites for hydroxylation is 1. The Morgan fingerprint density at radius 1 is 1.57 bits per heavy atom. The largest absolute Gasteiger partial charge is 0.481 e. The van der Waals surface area contributed by atoms with Crippen LogP contribution in [-0.4, -0.2) is 53.6 Å². The van der Waals surface area contributed by atoms with Crippen LogP contribution in [0, 0.1) is 0 Å². The van der Waals surface area contributed by atoms with Gasteiger partial charge in [-0.05, 0) is 0 Å². The highest BCUT2D eigenvalue weighted by molar-refractivity contribution is 7.91. The number of anilines is 1. The van der Waals surface area contributed by atoms with Gasteiger partial charge in [0.1, 0.15) is 11.6 Å². The van der Waals surface area contributed by atoms with Crippen molar-refractivity contribution in [3.05, 3.63) is 22.2 Å². The molecule has 1 aromatic rings. The van der Waals surface area contributed by atoms with Crippen LogP contribution in [0.1, 0.15) is 19.2 Å². The first-order valence-corrected chi connectivity index (χ1v) is 8.42. The predicted molar refractivity (Wildman–Crippen MR) is 76.3 cm³/mol. The third-order valence-corrected chi connectivity index (χ3v) is 5.04. The topological polar surface area (TPSA) is 120 Å². The number of aromatic amines is 1. The van der Waals surface area contributed by atoms with Gasteiger partial charge in [0.25, 0.3) is 5.56 Å². The van der Waals surface area contributed by atoms with E-state index < -0.39 is 21.8 Å². The quantitative estimate of drug-likeness (QED) is 0.762. The van der Waals surface area contributed by atoms with Gasteiger partial charge in [0.05, 0.1) is 24.0 Å². The Balaban J connectivity index is 2.37. The molecule has 1 saturated heterocycles. The lowest BCUT2D eigenvalue weighted by atomic mass is 10.2. The first-order valence-electron chi connectivity index (χ1n) is 6.60. The number of carboxylic acids is 1. The van der Waals surface area contributed by atoms with Gasteiger partial charge in [-0.1, -0.05) is 6.92 Å². The summed E-state index contributed by atoms with van der Waals surface area (Å²) in [5, 5.41) is 8.95. The molecule has 1 aromatic heterocycles. The average molecular weight is 315 g/mol. The highest BCUT2D eigenvalue weighted by atomic mass is 32.2. The molecule has 0 amide bonds. The summed E-state index contributed by atoms with van der Waals surface area (Å²) in [6.07, 6.45) is 0.216. The number of H-pyrrole nitrogens is 1. The number of carbonyl (C=O) groups is 1. The van der Waals surface area contributed by atoms with Crippen molar-refractivity contribution in [2.75, 3.05) is 23.0 Å². The van der Waals surface area contributed by atoms with Crippen LogP contribution in [0.5, 0.6) is 0 Å². The van der Waals surface area contributed by atoms with E-state index in [0.29, 0.717) is 18.1 Å². The smallest absolute Gasteiger partial charge is 0.305 e. The monoisotopic (exact) mass is 315 g/mol. The number of rotatable bonds is 4. The SMILES string of the molecule is CCc1nc(N2CCS(=O)(=O)CC2CC(=O)O)cc(=O)[nH]1. The normalized spacial score (nSPS) is 21.2. The minimum absolute atomic E-state index is 0.0704. The average Bonchev–Trinajstić information content (AvgIpc) is 2.36. The summed E-state index contributed by atoms with van der Waals surface area (Å²) < 4.78 is 23.4. The summed E-state index contributed by atoms with van der Waals surface area (Å²) in [4.78, 5) is 31.0. The van der Waals surface area contributed by atoms with Crippen molar-refractivity contribution < 1.29 is 18.3 Å². The fraction of sp³-hybridized carbons (Fsp3) is 0.583. The number of carboxylic acid groups (broad SMARTS) is 1. The van der Waals surface area contributed by atoms with E-state index in [2.05, 4.69) is 9.97 Å². The molecule has 0 spiro atoms. The van der Waals surface area contributed by atoms with Gasteiger partial charge in [0.15, 0.2) is 9.84 Å². The summed E-state index contributed by atoms with van der Waals surface area (Å²) in [5.41, 5.74) is -0.334. The molecule has 1 atom stereocenters. The van der Waals surface area contributed by atoms with Crippen LogP contribution in [0.4, 0.5) is 5.82 Å². The van der Waals surface area contributed by atoms with Gasteiger partial charge in [-0.3, -0.25) is 9.59 Å². The number of sulfone groups is 1. The lowest BCUT2D eigenvalue weighted by molar-refractivity contribution is -0.137. The zero-order chi connectivity index (χ0) is 15.6. The summed E-state index contributed by atoms with van der Waals surface area (Å²) in [7, 11) is -3.26. The molecular weight excluding hydrogens is 298 g/mol. The van der Waals surface area contributed by atoms with Crippen LogP contribution >= 0.6 is 0 Å². The Hall–Kier alpha value is -1.90. The summed E-state index contributed by atoms with van der Waals surface area (Å²) in [6.45, 7) is 1.97. The summed E-state index contributed by atoms with van der Waals surface area (Å²) >= 11 is 0. The zero-order valence-corrected chi connectivity index (χ0v) is 12.4. The second-order valence-corrected chi connectivity index (χ2v) is 7.19. The van der Waals surface area contributed by atoms with Gasteiger partial charge in [0, 0.05) is 19.0 Å². The van der Waals surface area contributed by atoms with Gasteiger partial charge in [-0.15, -0.1) is 0 Å². The fourth-order valence-electron chi connectivity index (χ4n) is 2.37. The molecule has 1 aliphatic rings. The van der Waals surface area contributed by atoms with Gasteiger partial charge < -0.3 is 15.0 Å². The van der Waals surface area contributed by atoms with Crippen molar-refractivity contribution in [3.8, 4) is 0 Å². The van der Waals surface area contributed by atoms with Crippen molar-refractivity contribution in [1.29, 1.82) is 0 Å². The molecule has 2 N–H and O–H groups in total. The van der Waals surface area contributed by atoms with Crippen molar-refractivity contribution in [2.24, 2.45) is 0 Å². The summed E-state index contributed by atoms with van der Waals surface area (Å²) in [5.74, 6) is -0.576. The van der Waals surface area contributed by atoms with Crippen LogP contribution in [0.25, 0.3) is 0 Å². The van der Waals surface area contributed by atoms with E-state index in [1.54, 1.807) is 4.90 Å². The lowest BCUT2D eigenvalue weighted by Gasteiger charge is -2.35.